The van der Waals surface area contributed by atoms with Crippen LogP contribution in [0, 0.1) is 6.92 Å². The Hall–Kier alpha value is -2.86. The minimum atomic E-state index is 0.466. The molecular weight excluding hydrogens is 336 g/mol. The summed E-state index contributed by atoms with van der Waals surface area (Å²) in [5.41, 5.74) is 12.8. The van der Waals surface area contributed by atoms with Gasteiger partial charge in [-0.1, -0.05) is 85.8 Å². The molecule has 0 fully saturated rings. The van der Waals surface area contributed by atoms with E-state index in [-0.39, 0.29) is 0 Å². The minimum absolute atomic E-state index is 0.466. The molecule has 2 aliphatic carbocycles. The summed E-state index contributed by atoms with van der Waals surface area (Å²) < 4.78 is 0. The van der Waals surface area contributed by atoms with Gasteiger partial charge in [0.05, 0.1) is 0 Å². The van der Waals surface area contributed by atoms with Crippen LogP contribution >= 0.6 is 0 Å². The van der Waals surface area contributed by atoms with Gasteiger partial charge in [-0.05, 0) is 82.2 Å². The molecule has 0 nitrogen and oxygen atoms in total. The highest BCUT2D eigenvalue weighted by Gasteiger charge is 2.23. The summed E-state index contributed by atoms with van der Waals surface area (Å²) in [6.07, 6.45) is 10.2. The van der Waals surface area contributed by atoms with E-state index in [0.717, 1.165) is 19.3 Å². The van der Waals surface area contributed by atoms with Crippen molar-refractivity contribution in [2.45, 2.75) is 39.0 Å². The summed E-state index contributed by atoms with van der Waals surface area (Å²) in [6, 6.07) is 22.7. The molecule has 1 atom stereocenters. The van der Waals surface area contributed by atoms with Crippen molar-refractivity contribution < 1.29 is 0 Å². The third-order valence-corrected chi connectivity index (χ3v) is 6.42. The molecule has 2 bridgehead atoms. The number of fused-ring (bicyclic) bond motifs is 6. The molecule has 0 aromatic heterocycles. The maximum absolute atomic E-state index is 2.40. The second-order valence-electron chi connectivity index (χ2n) is 8.17. The normalized spacial score (nSPS) is 17.6. The van der Waals surface area contributed by atoms with E-state index in [1.807, 2.05) is 0 Å². The number of rotatable bonds is 1. The fourth-order valence-electron chi connectivity index (χ4n) is 5.05. The van der Waals surface area contributed by atoms with Gasteiger partial charge >= 0.3 is 0 Å². The lowest BCUT2D eigenvalue weighted by Crippen LogP contribution is -2.06. The van der Waals surface area contributed by atoms with Crippen LogP contribution in [0.1, 0.15) is 47.9 Å². The summed E-state index contributed by atoms with van der Waals surface area (Å²) in [5, 5.41) is 0. The Balaban J connectivity index is 1.83. The van der Waals surface area contributed by atoms with E-state index >= 15 is 0 Å². The molecule has 0 aliphatic heterocycles. The van der Waals surface area contributed by atoms with E-state index in [1.54, 1.807) is 0 Å². The molecule has 2 aliphatic rings. The summed E-state index contributed by atoms with van der Waals surface area (Å²) in [5.74, 6) is 0.466. The van der Waals surface area contributed by atoms with Crippen LogP contribution in [0.25, 0.3) is 27.8 Å². The van der Waals surface area contributed by atoms with Gasteiger partial charge in [-0.15, -0.1) is 0 Å². The number of hydrogen-bond donors (Lipinski definition) is 0. The van der Waals surface area contributed by atoms with E-state index < -0.39 is 0 Å². The van der Waals surface area contributed by atoms with Crippen LogP contribution in [0.4, 0.5) is 0 Å². The van der Waals surface area contributed by atoms with Gasteiger partial charge in [0.15, 0.2) is 0 Å². The lowest BCUT2D eigenvalue weighted by atomic mass is 9.81. The van der Waals surface area contributed by atoms with Crippen molar-refractivity contribution in [1.29, 1.82) is 0 Å². The predicted octanol–water partition coefficient (Wildman–Crippen LogP) is 7.72. The van der Waals surface area contributed by atoms with Gasteiger partial charge in [-0.2, -0.15) is 0 Å². The first-order valence-electron chi connectivity index (χ1n) is 10.4. The molecule has 0 heterocycles. The van der Waals surface area contributed by atoms with Crippen molar-refractivity contribution in [2.24, 2.45) is 0 Å². The fourth-order valence-corrected chi connectivity index (χ4v) is 5.05. The summed E-state index contributed by atoms with van der Waals surface area (Å²) in [6.45, 7) is 4.69. The zero-order chi connectivity index (χ0) is 19.1. The number of benzene rings is 3. The molecule has 3 aromatic rings. The SMILES string of the molecule is Cc1c2cccc1-c1cccc(C3=CC=CCC3)c1C(C)Cc1ccccc1-2. The third kappa shape index (κ3) is 2.76. The Bertz CT molecular complexity index is 1110. The first-order chi connectivity index (χ1) is 13.7. The molecule has 0 spiro atoms. The minimum Gasteiger partial charge on any atom is -0.0842 e. The molecule has 5 rings (SSSR count). The van der Waals surface area contributed by atoms with Crippen LogP contribution in [0.5, 0.6) is 0 Å². The molecule has 0 amide bonds. The third-order valence-electron chi connectivity index (χ3n) is 6.42. The van der Waals surface area contributed by atoms with Crippen molar-refractivity contribution >= 4 is 5.57 Å². The average Bonchev–Trinajstić information content (AvgIpc) is 2.76. The van der Waals surface area contributed by atoms with Crippen molar-refractivity contribution in [3.63, 3.8) is 0 Å². The van der Waals surface area contributed by atoms with Crippen LogP contribution in [0.15, 0.2) is 78.9 Å². The van der Waals surface area contributed by atoms with Gasteiger partial charge in [-0.25, -0.2) is 0 Å². The Morgan fingerprint density at radius 3 is 2.21 bits per heavy atom. The van der Waals surface area contributed by atoms with Crippen LogP contribution in [0.2, 0.25) is 0 Å². The molecule has 0 saturated heterocycles. The number of hydrogen-bond acceptors (Lipinski definition) is 0. The topological polar surface area (TPSA) is 0 Å². The summed E-state index contributed by atoms with van der Waals surface area (Å²) in [7, 11) is 0. The van der Waals surface area contributed by atoms with Crippen LogP contribution in [-0.4, -0.2) is 0 Å². The number of allylic oxidation sites excluding steroid dienone is 4. The molecule has 28 heavy (non-hydrogen) atoms. The molecule has 1 unspecified atom stereocenters. The maximum atomic E-state index is 2.40. The fraction of sp³-hybridized carbons (Fsp3) is 0.214. The van der Waals surface area contributed by atoms with Crippen LogP contribution < -0.4 is 0 Å². The van der Waals surface area contributed by atoms with E-state index in [1.165, 1.54) is 50.1 Å². The first kappa shape index (κ1) is 17.3. The van der Waals surface area contributed by atoms with Crippen molar-refractivity contribution in [3.8, 4) is 22.3 Å². The van der Waals surface area contributed by atoms with Crippen molar-refractivity contribution in [1.82, 2.24) is 0 Å². The summed E-state index contributed by atoms with van der Waals surface area (Å²) in [4.78, 5) is 0. The lowest BCUT2D eigenvalue weighted by Gasteiger charge is -2.23. The maximum Gasteiger partial charge on any atom is -0.0137 e. The Kier molecular flexibility index (Phi) is 4.28. The van der Waals surface area contributed by atoms with Crippen LogP contribution in [0.3, 0.4) is 0 Å². The molecule has 0 saturated carbocycles. The Labute approximate surface area is 168 Å². The van der Waals surface area contributed by atoms with E-state index in [4.69, 9.17) is 0 Å². The quantitative estimate of drug-likeness (QED) is 0.415. The molecule has 3 aromatic carbocycles. The van der Waals surface area contributed by atoms with Gasteiger partial charge in [0, 0.05) is 0 Å². The highest BCUT2D eigenvalue weighted by atomic mass is 14.3. The second kappa shape index (κ2) is 6.95. The molecule has 138 valence electrons. The van der Waals surface area contributed by atoms with Gasteiger partial charge < -0.3 is 0 Å². The van der Waals surface area contributed by atoms with E-state index in [0.29, 0.717) is 5.92 Å². The summed E-state index contributed by atoms with van der Waals surface area (Å²) >= 11 is 0. The Morgan fingerprint density at radius 1 is 0.750 bits per heavy atom. The average molecular weight is 363 g/mol. The van der Waals surface area contributed by atoms with Crippen LogP contribution in [-0.2, 0) is 6.42 Å². The highest BCUT2D eigenvalue weighted by Crippen LogP contribution is 2.43. The van der Waals surface area contributed by atoms with Gasteiger partial charge in [0.1, 0.15) is 0 Å². The van der Waals surface area contributed by atoms with Gasteiger partial charge in [-0.3, -0.25) is 0 Å². The molecular formula is C28H26. The van der Waals surface area contributed by atoms with E-state index in [9.17, 15) is 0 Å². The predicted molar refractivity (Wildman–Crippen MR) is 121 cm³/mol. The molecule has 0 heteroatoms. The highest BCUT2D eigenvalue weighted by molar-refractivity contribution is 5.85. The van der Waals surface area contributed by atoms with E-state index in [2.05, 4.69) is 92.7 Å². The molecule has 0 radical (unpaired) electrons. The van der Waals surface area contributed by atoms with Crippen molar-refractivity contribution in [3.05, 3.63) is 101 Å². The lowest BCUT2D eigenvalue weighted by molar-refractivity contribution is 0.759. The zero-order valence-corrected chi connectivity index (χ0v) is 16.7. The largest absolute Gasteiger partial charge is 0.0842 e. The monoisotopic (exact) mass is 362 g/mol. The Morgan fingerprint density at radius 2 is 1.43 bits per heavy atom. The first-order valence-corrected chi connectivity index (χ1v) is 10.4. The van der Waals surface area contributed by atoms with Crippen molar-refractivity contribution in [2.75, 3.05) is 0 Å². The smallest absolute Gasteiger partial charge is 0.0137 e. The second-order valence-corrected chi connectivity index (χ2v) is 8.17. The van der Waals surface area contributed by atoms with Gasteiger partial charge in [0.2, 0.25) is 0 Å². The standard InChI is InChI=1S/C28H26/c1-19-18-22-12-6-7-13-25(22)23-14-8-15-24(20(23)2)27-17-9-16-26(28(19)27)21-10-4-3-5-11-21/h3-4,6-10,12-17,19H,5,11,18H2,1-2H3. The molecule has 0 N–H and O–H groups in total. The van der Waals surface area contributed by atoms with Gasteiger partial charge in [0.25, 0.3) is 0 Å². The zero-order valence-electron chi connectivity index (χ0n) is 16.7.